The van der Waals surface area contributed by atoms with E-state index in [-0.39, 0.29) is 12.3 Å². The third-order valence-corrected chi connectivity index (χ3v) is 5.02. The van der Waals surface area contributed by atoms with Crippen LogP contribution in [0.5, 0.6) is 0 Å². The molecule has 1 aromatic rings. The minimum absolute atomic E-state index is 0.0965. The van der Waals surface area contributed by atoms with Crippen molar-refractivity contribution in [1.29, 1.82) is 0 Å². The molecule has 3 N–H and O–H groups in total. The number of hydrogen-bond donors (Lipinski definition) is 2. The van der Waals surface area contributed by atoms with Crippen molar-refractivity contribution in [2.45, 2.75) is 6.42 Å². The highest BCUT2D eigenvalue weighted by Gasteiger charge is 2.29. The van der Waals surface area contributed by atoms with Crippen molar-refractivity contribution < 1.29 is 13.2 Å². The van der Waals surface area contributed by atoms with Crippen molar-refractivity contribution in [3.8, 4) is 0 Å². The molecule has 0 saturated carbocycles. The SMILES string of the molecule is Nc1ccc(Cl)c(NC(=O)CN2CCCS2(=O)=O)c1. The molecule has 6 nitrogen and oxygen atoms in total. The van der Waals surface area contributed by atoms with Gasteiger partial charge in [0.25, 0.3) is 0 Å². The fourth-order valence-corrected chi connectivity index (χ4v) is 3.50. The van der Waals surface area contributed by atoms with E-state index in [1.54, 1.807) is 12.1 Å². The standard InChI is InChI=1S/C11H14ClN3O3S/c12-9-3-2-8(13)6-10(9)14-11(16)7-15-4-1-5-19(15,17)18/h2-3,6H,1,4-5,7,13H2,(H,14,16). The number of nitrogens with two attached hydrogens (primary N) is 1. The van der Waals surface area contributed by atoms with Crippen LogP contribution in [0.3, 0.4) is 0 Å². The van der Waals surface area contributed by atoms with Crippen molar-refractivity contribution in [3.05, 3.63) is 23.2 Å². The maximum atomic E-state index is 11.8. The lowest BCUT2D eigenvalue weighted by Gasteiger charge is -2.14. The highest BCUT2D eigenvalue weighted by molar-refractivity contribution is 7.89. The molecule has 104 valence electrons. The van der Waals surface area contributed by atoms with E-state index in [0.29, 0.717) is 29.4 Å². The Labute approximate surface area is 116 Å². The van der Waals surface area contributed by atoms with Gasteiger partial charge in [-0.05, 0) is 24.6 Å². The number of carbonyl (C=O) groups excluding carboxylic acids is 1. The quantitative estimate of drug-likeness (QED) is 0.811. The molecule has 0 atom stereocenters. The van der Waals surface area contributed by atoms with E-state index < -0.39 is 15.9 Å². The van der Waals surface area contributed by atoms with E-state index in [2.05, 4.69) is 5.32 Å². The topological polar surface area (TPSA) is 92.5 Å². The summed E-state index contributed by atoms with van der Waals surface area (Å²) >= 11 is 5.91. The molecule has 8 heteroatoms. The summed E-state index contributed by atoms with van der Waals surface area (Å²) in [7, 11) is -3.28. The van der Waals surface area contributed by atoms with E-state index in [1.807, 2.05) is 0 Å². The van der Waals surface area contributed by atoms with E-state index >= 15 is 0 Å². The van der Waals surface area contributed by atoms with Crippen LogP contribution in [0.4, 0.5) is 11.4 Å². The number of nitrogens with one attached hydrogen (secondary N) is 1. The Hall–Kier alpha value is -1.31. The van der Waals surface area contributed by atoms with E-state index in [0.717, 1.165) is 0 Å². The zero-order chi connectivity index (χ0) is 14.0. The molecule has 0 spiro atoms. The maximum absolute atomic E-state index is 11.8. The molecule has 1 aliphatic heterocycles. The smallest absolute Gasteiger partial charge is 0.239 e. The molecule has 1 heterocycles. The average Bonchev–Trinajstić information content (AvgIpc) is 2.63. The van der Waals surface area contributed by atoms with Gasteiger partial charge in [0.2, 0.25) is 15.9 Å². The molecule has 1 saturated heterocycles. The molecule has 0 radical (unpaired) electrons. The van der Waals surface area contributed by atoms with Crippen molar-refractivity contribution in [2.24, 2.45) is 0 Å². The normalized spacial score (nSPS) is 18.4. The van der Waals surface area contributed by atoms with Crippen LogP contribution in [0.2, 0.25) is 5.02 Å². The van der Waals surface area contributed by atoms with Crippen molar-refractivity contribution in [2.75, 3.05) is 29.9 Å². The van der Waals surface area contributed by atoms with Gasteiger partial charge in [0.1, 0.15) is 0 Å². The summed E-state index contributed by atoms with van der Waals surface area (Å²) in [6.07, 6.45) is 0.550. The first-order valence-corrected chi connectivity index (χ1v) is 7.70. The Morgan fingerprint density at radius 1 is 1.47 bits per heavy atom. The number of amides is 1. The molecule has 1 amide bonds. The van der Waals surface area contributed by atoms with Gasteiger partial charge in [-0.2, -0.15) is 4.31 Å². The first-order chi connectivity index (χ1) is 8.88. The minimum atomic E-state index is -3.28. The third kappa shape index (κ3) is 3.37. The van der Waals surface area contributed by atoms with E-state index in [9.17, 15) is 13.2 Å². The second kappa shape index (κ2) is 5.36. The molecular weight excluding hydrogens is 290 g/mol. The summed E-state index contributed by atoms with van der Waals surface area (Å²) in [5.74, 6) is -0.336. The second-order valence-electron chi connectivity index (χ2n) is 4.29. The highest BCUT2D eigenvalue weighted by Crippen LogP contribution is 2.24. The average molecular weight is 304 g/mol. The minimum Gasteiger partial charge on any atom is -0.399 e. The number of nitrogens with zero attached hydrogens (tertiary/aromatic N) is 1. The van der Waals surface area contributed by atoms with Gasteiger partial charge in [0.15, 0.2) is 0 Å². The molecule has 19 heavy (non-hydrogen) atoms. The van der Waals surface area contributed by atoms with Crippen LogP contribution in [-0.4, -0.2) is 37.5 Å². The molecular formula is C11H14ClN3O3S. The first-order valence-electron chi connectivity index (χ1n) is 5.71. The van der Waals surface area contributed by atoms with Gasteiger partial charge in [0.05, 0.1) is 23.0 Å². The van der Waals surface area contributed by atoms with Crippen molar-refractivity contribution >= 4 is 38.9 Å². The monoisotopic (exact) mass is 303 g/mol. The summed E-state index contributed by atoms with van der Waals surface area (Å²) in [4.78, 5) is 11.8. The summed E-state index contributed by atoms with van der Waals surface area (Å²) in [6.45, 7) is 0.174. The van der Waals surface area contributed by atoms with Crippen LogP contribution in [0.1, 0.15) is 6.42 Å². The Morgan fingerprint density at radius 3 is 2.84 bits per heavy atom. The van der Waals surface area contributed by atoms with Crippen LogP contribution in [-0.2, 0) is 14.8 Å². The molecule has 2 rings (SSSR count). The van der Waals surface area contributed by atoms with Crippen LogP contribution in [0.15, 0.2) is 18.2 Å². The molecule has 1 fully saturated rings. The van der Waals surface area contributed by atoms with Gasteiger partial charge in [-0.25, -0.2) is 8.42 Å². The molecule has 0 bridgehead atoms. The Kier molecular flexibility index (Phi) is 3.98. The zero-order valence-electron chi connectivity index (χ0n) is 10.1. The van der Waals surface area contributed by atoms with Gasteiger partial charge in [0, 0.05) is 12.2 Å². The maximum Gasteiger partial charge on any atom is 0.239 e. The van der Waals surface area contributed by atoms with Gasteiger partial charge >= 0.3 is 0 Å². The summed E-state index contributed by atoms with van der Waals surface area (Å²) in [6, 6.07) is 4.71. The number of halogens is 1. The van der Waals surface area contributed by atoms with Crippen LogP contribution < -0.4 is 11.1 Å². The highest BCUT2D eigenvalue weighted by atomic mass is 35.5. The summed E-state index contributed by atoms with van der Waals surface area (Å²) < 4.78 is 24.3. The molecule has 1 aliphatic rings. The van der Waals surface area contributed by atoms with Gasteiger partial charge in [-0.15, -0.1) is 0 Å². The first kappa shape index (κ1) is 14.1. The van der Waals surface area contributed by atoms with E-state index in [4.69, 9.17) is 17.3 Å². The van der Waals surface area contributed by atoms with Gasteiger partial charge in [-0.3, -0.25) is 4.79 Å². The van der Waals surface area contributed by atoms with Crippen molar-refractivity contribution in [3.63, 3.8) is 0 Å². The summed E-state index contributed by atoms with van der Waals surface area (Å²) in [5, 5.41) is 2.91. The molecule has 0 aromatic heterocycles. The Morgan fingerprint density at radius 2 is 2.21 bits per heavy atom. The number of benzene rings is 1. The molecule has 1 aromatic carbocycles. The van der Waals surface area contributed by atoms with Crippen molar-refractivity contribution in [1.82, 2.24) is 4.31 Å². The third-order valence-electron chi connectivity index (χ3n) is 2.79. The van der Waals surface area contributed by atoms with E-state index in [1.165, 1.54) is 10.4 Å². The lowest BCUT2D eigenvalue weighted by atomic mass is 10.3. The molecule has 0 unspecified atom stereocenters. The fraction of sp³-hybridized carbons (Fsp3) is 0.364. The summed E-state index contributed by atoms with van der Waals surface area (Å²) in [5.41, 5.74) is 6.44. The van der Waals surface area contributed by atoms with Gasteiger partial charge < -0.3 is 11.1 Å². The predicted molar refractivity (Wildman–Crippen MR) is 74.5 cm³/mol. The van der Waals surface area contributed by atoms with Crippen LogP contribution in [0.25, 0.3) is 0 Å². The fourth-order valence-electron chi connectivity index (χ4n) is 1.86. The predicted octanol–water partition coefficient (Wildman–Crippen LogP) is 0.896. The number of rotatable bonds is 3. The van der Waals surface area contributed by atoms with Gasteiger partial charge in [-0.1, -0.05) is 11.6 Å². The number of carbonyl (C=O) groups is 1. The number of anilines is 2. The zero-order valence-corrected chi connectivity index (χ0v) is 11.7. The van der Waals surface area contributed by atoms with Crippen LogP contribution >= 0.6 is 11.6 Å². The number of sulfonamides is 1. The largest absolute Gasteiger partial charge is 0.399 e. The second-order valence-corrected chi connectivity index (χ2v) is 6.79. The number of hydrogen-bond acceptors (Lipinski definition) is 4. The lowest BCUT2D eigenvalue weighted by Crippen LogP contribution is -2.34. The van der Waals surface area contributed by atoms with Crippen LogP contribution in [0, 0.1) is 0 Å². The number of nitrogen functional groups attached to an aromatic ring is 1. The Balaban J connectivity index is 2.04. The Bertz CT molecular complexity index is 603. The lowest BCUT2D eigenvalue weighted by molar-refractivity contribution is -0.116. The molecule has 0 aliphatic carbocycles.